The molecular formula is C12H20N4. The Morgan fingerprint density at radius 3 is 2.69 bits per heavy atom. The first kappa shape index (κ1) is 10.3. The Morgan fingerprint density at radius 2 is 1.94 bits per heavy atom. The van der Waals surface area contributed by atoms with E-state index in [1.54, 1.807) is 0 Å². The van der Waals surface area contributed by atoms with Crippen LogP contribution in [0.15, 0.2) is 0 Å². The van der Waals surface area contributed by atoms with Gasteiger partial charge in [0.25, 0.3) is 0 Å². The lowest BCUT2D eigenvalue weighted by atomic mass is 10.0. The summed E-state index contributed by atoms with van der Waals surface area (Å²) in [5.74, 6) is 3.66. The maximum Gasteiger partial charge on any atom is 0.137 e. The molecule has 4 heteroatoms. The van der Waals surface area contributed by atoms with Crippen LogP contribution in [0, 0.1) is 0 Å². The van der Waals surface area contributed by atoms with Crippen molar-refractivity contribution in [3.8, 4) is 0 Å². The number of fused-ring (bicyclic) bond motifs is 1. The summed E-state index contributed by atoms with van der Waals surface area (Å²) in [6, 6.07) is 0. The van der Waals surface area contributed by atoms with Gasteiger partial charge >= 0.3 is 0 Å². The minimum atomic E-state index is 0.592. The lowest BCUT2D eigenvalue weighted by Crippen LogP contribution is -2.19. The molecule has 0 amide bonds. The summed E-state index contributed by atoms with van der Waals surface area (Å²) in [5.41, 5.74) is 0. The van der Waals surface area contributed by atoms with Gasteiger partial charge in [-0.15, -0.1) is 10.2 Å². The van der Waals surface area contributed by atoms with Crippen LogP contribution in [0.25, 0.3) is 0 Å². The summed E-state index contributed by atoms with van der Waals surface area (Å²) in [5, 5.41) is 8.85. The molecule has 2 unspecified atom stereocenters. The van der Waals surface area contributed by atoms with Crippen LogP contribution in [0.3, 0.4) is 0 Å². The van der Waals surface area contributed by atoms with E-state index in [2.05, 4.69) is 33.6 Å². The van der Waals surface area contributed by atoms with E-state index in [9.17, 15) is 0 Å². The zero-order valence-electron chi connectivity index (χ0n) is 10.2. The molecule has 88 valence electrons. The number of rotatable bonds is 1. The van der Waals surface area contributed by atoms with E-state index in [1.807, 2.05) is 0 Å². The molecule has 0 saturated carbocycles. The SMILES string of the molecule is CC1CCCn2c1nnc2C1CCN(C)C1. The van der Waals surface area contributed by atoms with Crippen LogP contribution in [0.1, 0.15) is 49.7 Å². The van der Waals surface area contributed by atoms with Crippen molar-refractivity contribution in [2.45, 2.75) is 44.6 Å². The Kier molecular flexibility index (Phi) is 2.46. The van der Waals surface area contributed by atoms with Gasteiger partial charge in [-0.1, -0.05) is 6.92 Å². The average Bonchev–Trinajstić information content (AvgIpc) is 2.84. The Bertz CT molecular complexity index is 384. The van der Waals surface area contributed by atoms with E-state index >= 15 is 0 Å². The second-order valence-corrected chi connectivity index (χ2v) is 5.36. The van der Waals surface area contributed by atoms with Gasteiger partial charge in [0.05, 0.1) is 0 Å². The largest absolute Gasteiger partial charge is 0.314 e. The summed E-state index contributed by atoms with van der Waals surface area (Å²) in [7, 11) is 2.19. The zero-order chi connectivity index (χ0) is 11.1. The molecule has 3 rings (SSSR count). The van der Waals surface area contributed by atoms with E-state index in [0.717, 1.165) is 13.1 Å². The van der Waals surface area contributed by atoms with Crippen molar-refractivity contribution in [1.82, 2.24) is 19.7 Å². The topological polar surface area (TPSA) is 34.0 Å². The van der Waals surface area contributed by atoms with Gasteiger partial charge in [0.15, 0.2) is 0 Å². The molecule has 4 nitrogen and oxygen atoms in total. The Balaban J connectivity index is 1.91. The molecule has 1 fully saturated rings. The van der Waals surface area contributed by atoms with Crippen molar-refractivity contribution in [2.75, 3.05) is 20.1 Å². The Labute approximate surface area is 96.7 Å². The molecule has 0 spiro atoms. The average molecular weight is 220 g/mol. The molecule has 2 aliphatic heterocycles. The number of likely N-dealkylation sites (N-methyl/N-ethyl adjacent to an activating group) is 1. The number of nitrogens with zero attached hydrogens (tertiary/aromatic N) is 4. The van der Waals surface area contributed by atoms with Crippen LogP contribution in [-0.2, 0) is 6.54 Å². The second kappa shape index (κ2) is 3.84. The zero-order valence-corrected chi connectivity index (χ0v) is 10.2. The van der Waals surface area contributed by atoms with Crippen LogP contribution in [0.2, 0.25) is 0 Å². The molecule has 1 aromatic rings. The Morgan fingerprint density at radius 1 is 1.12 bits per heavy atom. The molecule has 2 aliphatic rings. The predicted octanol–water partition coefficient (Wildman–Crippen LogP) is 1.59. The van der Waals surface area contributed by atoms with Gasteiger partial charge in [0.1, 0.15) is 11.6 Å². The van der Waals surface area contributed by atoms with Gasteiger partial charge in [-0.2, -0.15) is 0 Å². The number of likely N-dealkylation sites (tertiary alicyclic amines) is 1. The van der Waals surface area contributed by atoms with Crippen LogP contribution in [-0.4, -0.2) is 39.8 Å². The summed E-state index contributed by atoms with van der Waals surface area (Å²) in [6.45, 7) is 5.74. The number of hydrogen-bond acceptors (Lipinski definition) is 3. The van der Waals surface area contributed by atoms with Crippen LogP contribution in [0.4, 0.5) is 0 Å². The summed E-state index contributed by atoms with van der Waals surface area (Å²) in [4.78, 5) is 2.39. The molecule has 0 bridgehead atoms. The lowest BCUT2D eigenvalue weighted by molar-refractivity contribution is 0.402. The van der Waals surface area contributed by atoms with Crippen molar-refractivity contribution >= 4 is 0 Å². The third-order valence-electron chi connectivity index (χ3n) is 4.02. The smallest absolute Gasteiger partial charge is 0.137 e. The molecule has 1 saturated heterocycles. The van der Waals surface area contributed by atoms with Gasteiger partial charge in [-0.25, -0.2) is 0 Å². The first-order valence-corrected chi connectivity index (χ1v) is 6.37. The lowest BCUT2D eigenvalue weighted by Gasteiger charge is -2.21. The summed E-state index contributed by atoms with van der Waals surface area (Å²) >= 11 is 0. The van der Waals surface area contributed by atoms with Crippen molar-refractivity contribution in [3.05, 3.63) is 11.6 Å². The third kappa shape index (κ3) is 1.56. The monoisotopic (exact) mass is 220 g/mol. The number of aromatic nitrogens is 3. The van der Waals surface area contributed by atoms with Crippen molar-refractivity contribution < 1.29 is 0 Å². The highest BCUT2D eigenvalue weighted by molar-refractivity contribution is 5.09. The molecular weight excluding hydrogens is 200 g/mol. The van der Waals surface area contributed by atoms with Gasteiger partial charge in [0.2, 0.25) is 0 Å². The van der Waals surface area contributed by atoms with Crippen molar-refractivity contribution in [3.63, 3.8) is 0 Å². The molecule has 3 heterocycles. The van der Waals surface area contributed by atoms with E-state index < -0.39 is 0 Å². The van der Waals surface area contributed by atoms with E-state index in [0.29, 0.717) is 11.8 Å². The van der Waals surface area contributed by atoms with Gasteiger partial charge in [-0.05, 0) is 32.9 Å². The maximum absolute atomic E-state index is 4.45. The highest BCUT2D eigenvalue weighted by Crippen LogP contribution is 2.31. The fourth-order valence-corrected chi connectivity index (χ4v) is 3.05. The summed E-state index contributed by atoms with van der Waals surface area (Å²) < 4.78 is 2.39. The van der Waals surface area contributed by atoms with Crippen LogP contribution >= 0.6 is 0 Å². The van der Waals surface area contributed by atoms with Gasteiger partial charge < -0.3 is 9.47 Å². The molecule has 2 atom stereocenters. The normalized spacial score (nSPS) is 30.6. The molecule has 0 aromatic carbocycles. The van der Waals surface area contributed by atoms with E-state index in [-0.39, 0.29) is 0 Å². The number of hydrogen-bond donors (Lipinski definition) is 0. The molecule has 0 aliphatic carbocycles. The standard InChI is InChI=1S/C12H20N4/c1-9-4-3-6-16-11(9)13-14-12(16)10-5-7-15(2)8-10/h9-10H,3-8H2,1-2H3. The quantitative estimate of drug-likeness (QED) is 0.721. The van der Waals surface area contributed by atoms with E-state index in [4.69, 9.17) is 0 Å². The fourth-order valence-electron chi connectivity index (χ4n) is 3.05. The first-order chi connectivity index (χ1) is 7.75. The van der Waals surface area contributed by atoms with Crippen molar-refractivity contribution in [2.24, 2.45) is 0 Å². The first-order valence-electron chi connectivity index (χ1n) is 6.37. The highest BCUT2D eigenvalue weighted by Gasteiger charge is 2.29. The molecule has 0 radical (unpaired) electrons. The second-order valence-electron chi connectivity index (χ2n) is 5.36. The Hall–Kier alpha value is -0.900. The van der Waals surface area contributed by atoms with Crippen molar-refractivity contribution in [1.29, 1.82) is 0 Å². The highest BCUT2D eigenvalue weighted by atomic mass is 15.3. The van der Waals surface area contributed by atoms with Gasteiger partial charge in [0, 0.05) is 24.9 Å². The van der Waals surface area contributed by atoms with Crippen LogP contribution < -0.4 is 0 Å². The molecule has 0 N–H and O–H groups in total. The minimum Gasteiger partial charge on any atom is -0.314 e. The van der Waals surface area contributed by atoms with Gasteiger partial charge in [-0.3, -0.25) is 0 Å². The van der Waals surface area contributed by atoms with Crippen LogP contribution in [0.5, 0.6) is 0 Å². The summed E-state index contributed by atoms with van der Waals surface area (Å²) in [6.07, 6.45) is 3.79. The molecule has 1 aromatic heterocycles. The maximum atomic E-state index is 4.45. The predicted molar refractivity (Wildman–Crippen MR) is 62.5 cm³/mol. The fraction of sp³-hybridized carbons (Fsp3) is 0.833. The molecule has 16 heavy (non-hydrogen) atoms. The minimum absolute atomic E-state index is 0.592. The van der Waals surface area contributed by atoms with E-state index in [1.165, 1.54) is 37.5 Å². The third-order valence-corrected chi connectivity index (χ3v) is 4.02.